The third kappa shape index (κ3) is 2.93. The predicted molar refractivity (Wildman–Crippen MR) is 78.6 cm³/mol. The van der Waals surface area contributed by atoms with Gasteiger partial charge in [0.2, 0.25) is 0 Å². The number of rotatable bonds is 4. The Kier molecular flexibility index (Phi) is 4.04. The number of benzene rings is 1. The van der Waals surface area contributed by atoms with E-state index < -0.39 is 0 Å². The molecule has 3 nitrogen and oxygen atoms in total. The first-order chi connectivity index (χ1) is 9.36. The molecule has 2 atom stereocenters. The van der Waals surface area contributed by atoms with Crippen molar-refractivity contribution in [3.8, 4) is 0 Å². The third-order valence-electron chi connectivity index (χ3n) is 4.39. The van der Waals surface area contributed by atoms with E-state index in [1.807, 2.05) is 0 Å². The highest BCUT2D eigenvalue weighted by Gasteiger charge is 2.26. The van der Waals surface area contributed by atoms with Gasteiger partial charge in [-0.15, -0.1) is 0 Å². The van der Waals surface area contributed by atoms with Gasteiger partial charge in [0.15, 0.2) is 0 Å². The molecular formula is C16H24N2O. The van der Waals surface area contributed by atoms with Crippen LogP contribution in [0.4, 0.5) is 5.69 Å². The van der Waals surface area contributed by atoms with Crippen LogP contribution in [0.5, 0.6) is 0 Å². The Balaban J connectivity index is 1.64. The molecule has 2 aliphatic rings. The van der Waals surface area contributed by atoms with E-state index in [1.165, 1.54) is 24.1 Å². The van der Waals surface area contributed by atoms with Gasteiger partial charge in [0.1, 0.15) is 0 Å². The second-order valence-corrected chi connectivity index (χ2v) is 5.62. The second kappa shape index (κ2) is 5.93. The van der Waals surface area contributed by atoms with Gasteiger partial charge in [-0.2, -0.15) is 0 Å². The lowest BCUT2D eigenvalue weighted by Gasteiger charge is -2.36. The van der Waals surface area contributed by atoms with E-state index in [0.29, 0.717) is 12.1 Å². The van der Waals surface area contributed by atoms with E-state index in [1.54, 1.807) is 0 Å². The normalized spacial score (nSPS) is 26.2. The van der Waals surface area contributed by atoms with Gasteiger partial charge in [-0.1, -0.05) is 25.1 Å². The van der Waals surface area contributed by atoms with Crippen LogP contribution in [0.3, 0.4) is 0 Å². The first-order valence-electron chi connectivity index (χ1n) is 7.54. The topological polar surface area (TPSA) is 24.5 Å². The summed E-state index contributed by atoms with van der Waals surface area (Å²) in [5.74, 6) is 0. The molecule has 19 heavy (non-hydrogen) atoms. The number of nitrogens with zero attached hydrogens (tertiary/aromatic N) is 1. The molecule has 2 aliphatic heterocycles. The van der Waals surface area contributed by atoms with E-state index >= 15 is 0 Å². The van der Waals surface area contributed by atoms with Gasteiger partial charge in [0, 0.05) is 31.4 Å². The first-order valence-corrected chi connectivity index (χ1v) is 7.54. The molecule has 2 unspecified atom stereocenters. The van der Waals surface area contributed by atoms with E-state index in [-0.39, 0.29) is 0 Å². The lowest BCUT2D eigenvalue weighted by Crippen LogP contribution is -2.46. The van der Waals surface area contributed by atoms with E-state index in [0.717, 1.165) is 32.7 Å². The van der Waals surface area contributed by atoms with Crippen molar-refractivity contribution >= 4 is 5.69 Å². The molecule has 3 heteroatoms. The number of fused-ring (bicyclic) bond motifs is 1. The second-order valence-electron chi connectivity index (χ2n) is 5.62. The van der Waals surface area contributed by atoms with Gasteiger partial charge in [-0.25, -0.2) is 0 Å². The molecule has 0 aliphatic carbocycles. The Morgan fingerprint density at radius 1 is 1.37 bits per heavy atom. The average molecular weight is 260 g/mol. The van der Waals surface area contributed by atoms with Crippen LogP contribution in [0.1, 0.15) is 25.3 Å². The van der Waals surface area contributed by atoms with E-state index in [4.69, 9.17) is 4.74 Å². The lowest BCUT2D eigenvalue weighted by molar-refractivity contribution is 0.0605. The summed E-state index contributed by atoms with van der Waals surface area (Å²) in [5, 5.41) is 3.57. The molecule has 0 aromatic heterocycles. The molecule has 0 bridgehead atoms. The SMILES string of the molecule is CCN(CC1CCCO1)C1CNc2ccccc2C1. The zero-order valence-corrected chi connectivity index (χ0v) is 11.8. The van der Waals surface area contributed by atoms with Crippen LogP contribution in [0.2, 0.25) is 0 Å². The Labute approximate surface area is 115 Å². The van der Waals surface area contributed by atoms with E-state index in [2.05, 4.69) is 41.4 Å². The summed E-state index contributed by atoms with van der Waals surface area (Å²) in [5.41, 5.74) is 2.76. The Hall–Kier alpha value is -1.06. The molecule has 2 heterocycles. The summed E-state index contributed by atoms with van der Waals surface area (Å²) in [6, 6.07) is 9.27. The molecule has 1 N–H and O–H groups in total. The van der Waals surface area contributed by atoms with Crippen molar-refractivity contribution < 1.29 is 4.74 Å². The van der Waals surface area contributed by atoms with E-state index in [9.17, 15) is 0 Å². The van der Waals surface area contributed by atoms with Crippen molar-refractivity contribution in [1.29, 1.82) is 0 Å². The van der Waals surface area contributed by atoms with Crippen molar-refractivity contribution in [2.24, 2.45) is 0 Å². The fourth-order valence-corrected chi connectivity index (χ4v) is 3.27. The Morgan fingerprint density at radius 2 is 2.26 bits per heavy atom. The van der Waals surface area contributed by atoms with Crippen molar-refractivity contribution in [2.45, 2.75) is 38.3 Å². The van der Waals surface area contributed by atoms with Crippen LogP contribution in [0, 0.1) is 0 Å². The average Bonchev–Trinajstić information content (AvgIpc) is 2.97. The zero-order chi connectivity index (χ0) is 13.1. The molecule has 0 spiro atoms. The maximum absolute atomic E-state index is 5.78. The molecule has 0 amide bonds. The fraction of sp³-hybridized carbons (Fsp3) is 0.625. The number of hydrogen-bond donors (Lipinski definition) is 1. The highest BCUT2D eigenvalue weighted by atomic mass is 16.5. The summed E-state index contributed by atoms with van der Waals surface area (Å²) >= 11 is 0. The molecule has 104 valence electrons. The largest absolute Gasteiger partial charge is 0.383 e. The highest BCUT2D eigenvalue weighted by molar-refractivity contribution is 5.53. The number of hydrogen-bond acceptors (Lipinski definition) is 3. The summed E-state index contributed by atoms with van der Waals surface area (Å²) < 4.78 is 5.78. The minimum Gasteiger partial charge on any atom is -0.383 e. The summed E-state index contributed by atoms with van der Waals surface area (Å²) in [7, 11) is 0. The maximum Gasteiger partial charge on any atom is 0.0702 e. The summed E-state index contributed by atoms with van der Waals surface area (Å²) in [4.78, 5) is 2.58. The molecule has 1 saturated heterocycles. The molecule has 1 aromatic rings. The van der Waals surface area contributed by atoms with Crippen molar-refractivity contribution in [3.63, 3.8) is 0 Å². The maximum atomic E-state index is 5.78. The molecular weight excluding hydrogens is 236 g/mol. The fourth-order valence-electron chi connectivity index (χ4n) is 3.27. The smallest absolute Gasteiger partial charge is 0.0702 e. The highest BCUT2D eigenvalue weighted by Crippen LogP contribution is 2.24. The van der Waals surface area contributed by atoms with Crippen LogP contribution in [-0.2, 0) is 11.2 Å². The van der Waals surface area contributed by atoms with Crippen LogP contribution in [0.15, 0.2) is 24.3 Å². The monoisotopic (exact) mass is 260 g/mol. The zero-order valence-electron chi connectivity index (χ0n) is 11.8. The number of nitrogens with one attached hydrogen (secondary N) is 1. The Bertz CT molecular complexity index is 415. The van der Waals surface area contributed by atoms with Gasteiger partial charge in [-0.3, -0.25) is 4.90 Å². The lowest BCUT2D eigenvalue weighted by atomic mass is 9.98. The minimum atomic E-state index is 0.456. The summed E-state index contributed by atoms with van der Waals surface area (Å²) in [6.45, 7) is 6.46. The standard InChI is InChI=1S/C16H24N2O/c1-2-18(12-15-7-5-9-19-15)14-10-13-6-3-4-8-16(13)17-11-14/h3-4,6,8,14-15,17H,2,5,7,9-12H2,1H3. The molecule has 0 saturated carbocycles. The van der Waals surface area contributed by atoms with Gasteiger partial charge < -0.3 is 10.1 Å². The first kappa shape index (κ1) is 12.9. The number of likely N-dealkylation sites (N-methyl/N-ethyl adjacent to an activating group) is 1. The number of ether oxygens (including phenoxy) is 1. The quantitative estimate of drug-likeness (QED) is 0.900. The van der Waals surface area contributed by atoms with Gasteiger partial charge in [-0.05, 0) is 37.4 Å². The van der Waals surface area contributed by atoms with Gasteiger partial charge in [0.25, 0.3) is 0 Å². The van der Waals surface area contributed by atoms with Gasteiger partial charge in [0.05, 0.1) is 6.10 Å². The molecule has 1 fully saturated rings. The van der Waals surface area contributed by atoms with Gasteiger partial charge >= 0.3 is 0 Å². The number of anilines is 1. The minimum absolute atomic E-state index is 0.456. The van der Waals surface area contributed by atoms with Crippen LogP contribution < -0.4 is 5.32 Å². The van der Waals surface area contributed by atoms with Crippen LogP contribution in [-0.4, -0.2) is 43.3 Å². The third-order valence-corrected chi connectivity index (χ3v) is 4.39. The molecule has 3 rings (SSSR count). The van der Waals surface area contributed by atoms with Crippen LogP contribution in [0.25, 0.3) is 0 Å². The predicted octanol–water partition coefficient (Wildman–Crippen LogP) is 2.52. The van der Waals surface area contributed by atoms with Crippen molar-refractivity contribution in [2.75, 3.05) is 31.6 Å². The van der Waals surface area contributed by atoms with Crippen LogP contribution >= 0.6 is 0 Å². The van der Waals surface area contributed by atoms with Crippen molar-refractivity contribution in [3.05, 3.63) is 29.8 Å². The number of para-hydroxylation sites is 1. The molecule has 0 radical (unpaired) electrons. The summed E-state index contributed by atoms with van der Waals surface area (Å²) in [6.07, 6.45) is 4.07. The van der Waals surface area contributed by atoms with Crippen molar-refractivity contribution in [1.82, 2.24) is 4.90 Å². The molecule has 1 aromatic carbocycles. The Morgan fingerprint density at radius 3 is 3.05 bits per heavy atom.